The van der Waals surface area contributed by atoms with Gasteiger partial charge in [0, 0.05) is 31.4 Å². The van der Waals surface area contributed by atoms with Crippen molar-refractivity contribution in [3.63, 3.8) is 0 Å². The molecule has 0 aromatic heterocycles. The summed E-state index contributed by atoms with van der Waals surface area (Å²) in [6.07, 6.45) is 6.34. The van der Waals surface area contributed by atoms with Gasteiger partial charge in [0.2, 0.25) is 0 Å². The number of hydrogen-bond donors (Lipinski definition) is 1. The minimum absolute atomic E-state index is 0.0456. The van der Waals surface area contributed by atoms with Gasteiger partial charge >= 0.3 is 0 Å². The zero-order chi connectivity index (χ0) is 15.0. The van der Waals surface area contributed by atoms with E-state index in [4.69, 9.17) is 0 Å². The number of benzene rings is 1. The van der Waals surface area contributed by atoms with Gasteiger partial charge in [0.25, 0.3) is 5.91 Å². The first-order valence-corrected chi connectivity index (χ1v) is 7.62. The van der Waals surface area contributed by atoms with Gasteiger partial charge in [-0.2, -0.15) is 0 Å². The molecule has 1 rings (SSSR count). The molecule has 3 nitrogen and oxygen atoms in total. The molecule has 0 aliphatic carbocycles. The zero-order valence-corrected chi connectivity index (χ0v) is 13.3. The monoisotopic (exact) mass is 276 g/mol. The summed E-state index contributed by atoms with van der Waals surface area (Å²) in [4.78, 5) is 13.5. The summed E-state index contributed by atoms with van der Waals surface area (Å²) >= 11 is 0. The van der Waals surface area contributed by atoms with Gasteiger partial charge in [-0.25, -0.2) is 0 Å². The highest BCUT2D eigenvalue weighted by Gasteiger charge is 2.09. The van der Waals surface area contributed by atoms with Crippen molar-refractivity contribution in [3.8, 4) is 0 Å². The van der Waals surface area contributed by atoms with Crippen LogP contribution in [0.2, 0.25) is 0 Å². The molecule has 1 aromatic carbocycles. The minimum atomic E-state index is 0.0456. The average Bonchev–Trinajstić information content (AvgIpc) is 2.43. The second-order valence-corrected chi connectivity index (χ2v) is 5.68. The molecule has 0 saturated carbocycles. The van der Waals surface area contributed by atoms with Crippen LogP contribution in [0.25, 0.3) is 0 Å². The molecule has 1 atom stereocenters. The highest BCUT2D eigenvalue weighted by Crippen LogP contribution is 2.15. The van der Waals surface area contributed by atoms with E-state index in [0.717, 1.165) is 11.3 Å². The first-order valence-electron chi connectivity index (χ1n) is 7.62. The first-order chi connectivity index (χ1) is 9.54. The van der Waals surface area contributed by atoms with Gasteiger partial charge in [-0.15, -0.1) is 0 Å². The van der Waals surface area contributed by atoms with Gasteiger partial charge in [-0.1, -0.05) is 38.7 Å². The summed E-state index contributed by atoms with van der Waals surface area (Å²) in [5, 5.41) is 3.48. The lowest BCUT2D eigenvalue weighted by molar-refractivity contribution is 0.0827. The minimum Gasteiger partial charge on any atom is -0.383 e. The van der Waals surface area contributed by atoms with Crippen molar-refractivity contribution < 1.29 is 4.79 Å². The number of anilines is 1. The van der Waals surface area contributed by atoms with Gasteiger partial charge in [-0.3, -0.25) is 4.79 Å². The van der Waals surface area contributed by atoms with Crippen LogP contribution in [-0.4, -0.2) is 30.9 Å². The fraction of sp³-hybridized carbons (Fsp3) is 0.588. The summed E-state index contributed by atoms with van der Waals surface area (Å²) in [6, 6.07) is 8.19. The van der Waals surface area contributed by atoms with Crippen LogP contribution in [-0.2, 0) is 0 Å². The topological polar surface area (TPSA) is 32.3 Å². The van der Waals surface area contributed by atoms with Crippen LogP contribution in [0.15, 0.2) is 24.3 Å². The van der Waals surface area contributed by atoms with E-state index in [9.17, 15) is 4.79 Å². The molecule has 0 fully saturated rings. The molecular formula is C17H28N2O. The second-order valence-electron chi connectivity index (χ2n) is 5.68. The van der Waals surface area contributed by atoms with E-state index < -0.39 is 0 Å². The maximum Gasteiger partial charge on any atom is 0.253 e. The van der Waals surface area contributed by atoms with Crippen molar-refractivity contribution in [2.75, 3.05) is 19.4 Å². The van der Waals surface area contributed by atoms with Crippen LogP contribution in [0, 0.1) is 0 Å². The van der Waals surface area contributed by atoms with Crippen molar-refractivity contribution in [2.45, 2.75) is 52.0 Å². The van der Waals surface area contributed by atoms with Crippen LogP contribution in [0.4, 0.5) is 5.69 Å². The molecular weight excluding hydrogens is 248 g/mol. The van der Waals surface area contributed by atoms with Gasteiger partial charge in [0.05, 0.1) is 0 Å². The Morgan fingerprint density at radius 2 is 2.00 bits per heavy atom. The lowest BCUT2D eigenvalue weighted by Crippen LogP contribution is -2.22. The standard InChI is InChI=1S/C17H28N2O/c1-5-6-7-8-10-14(2)18-16-12-9-11-15(13-16)17(20)19(3)4/h9,11-14,18H,5-8,10H2,1-4H3. The number of nitrogens with one attached hydrogen (secondary N) is 1. The third-order valence-electron chi connectivity index (χ3n) is 3.42. The van der Waals surface area contributed by atoms with Crippen LogP contribution in [0.3, 0.4) is 0 Å². The number of carbonyl (C=O) groups is 1. The van der Waals surface area contributed by atoms with Gasteiger partial charge < -0.3 is 10.2 Å². The Labute approximate surface area is 123 Å². The Morgan fingerprint density at radius 3 is 2.65 bits per heavy atom. The molecule has 20 heavy (non-hydrogen) atoms. The molecule has 0 heterocycles. The van der Waals surface area contributed by atoms with Crippen molar-refractivity contribution in [1.82, 2.24) is 4.90 Å². The van der Waals surface area contributed by atoms with Crippen LogP contribution in [0.1, 0.15) is 56.3 Å². The van der Waals surface area contributed by atoms with Crippen LogP contribution < -0.4 is 5.32 Å². The average molecular weight is 276 g/mol. The number of amides is 1. The van der Waals surface area contributed by atoms with E-state index in [1.165, 1.54) is 32.1 Å². The highest BCUT2D eigenvalue weighted by molar-refractivity contribution is 5.94. The summed E-state index contributed by atoms with van der Waals surface area (Å²) in [7, 11) is 3.55. The third-order valence-corrected chi connectivity index (χ3v) is 3.42. The number of nitrogens with zero attached hydrogens (tertiary/aromatic N) is 1. The van der Waals surface area contributed by atoms with Gasteiger partial charge in [0.1, 0.15) is 0 Å². The normalized spacial score (nSPS) is 12.0. The largest absolute Gasteiger partial charge is 0.383 e. The lowest BCUT2D eigenvalue weighted by Gasteiger charge is -2.16. The smallest absolute Gasteiger partial charge is 0.253 e. The quantitative estimate of drug-likeness (QED) is 0.723. The predicted octanol–water partition coefficient (Wildman–Crippen LogP) is 4.16. The molecule has 0 saturated heterocycles. The molecule has 0 bridgehead atoms. The maximum absolute atomic E-state index is 11.9. The molecule has 0 aliphatic heterocycles. The number of carbonyl (C=O) groups excluding carboxylic acids is 1. The van der Waals surface area contributed by atoms with Crippen molar-refractivity contribution in [2.24, 2.45) is 0 Å². The van der Waals surface area contributed by atoms with Crippen molar-refractivity contribution in [1.29, 1.82) is 0 Å². The molecule has 0 aliphatic rings. The van der Waals surface area contributed by atoms with E-state index >= 15 is 0 Å². The molecule has 1 amide bonds. The summed E-state index contributed by atoms with van der Waals surface area (Å²) in [5.41, 5.74) is 1.76. The fourth-order valence-electron chi connectivity index (χ4n) is 2.23. The molecule has 1 aromatic rings. The summed E-state index contributed by atoms with van der Waals surface area (Å²) in [5.74, 6) is 0.0456. The van der Waals surface area contributed by atoms with E-state index in [2.05, 4.69) is 19.2 Å². The second kappa shape index (κ2) is 8.62. The predicted molar refractivity (Wildman–Crippen MR) is 86.3 cm³/mol. The Bertz CT molecular complexity index is 415. The van der Waals surface area contributed by atoms with Crippen LogP contribution in [0.5, 0.6) is 0 Å². The third kappa shape index (κ3) is 5.64. The Hall–Kier alpha value is -1.51. The maximum atomic E-state index is 11.9. The van der Waals surface area contributed by atoms with E-state index in [1.807, 2.05) is 24.3 Å². The van der Waals surface area contributed by atoms with E-state index in [-0.39, 0.29) is 5.91 Å². The number of unbranched alkanes of at least 4 members (excludes halogenated alkanes) is 3. The fourth-order valence-corrected chi connectivity index (χ4v) is 2.23. The number of hydrogen-bond acceptors (Lipinski definition) is 2. The summed E-state index contributed by atoms with van der Waals surface area (Å²) in [6.45, 7) is 4.43. The van der Waals surface area contributed by atoms with Crippen molar-refractivity contribution in [3.05, 3.63) is 29.8 Å². The Kier molecular flexibility index (Phi) is 7.13. The van der Waals surface area contributed by atoms with Gasteiger partial charge in [-0.05, 0) is 31.5 Å². The molecule has 1 unspecified atom stereocenters. The Morgan fingerprint density at radius 1 is 1.25 bits per heavy atom. The van der Waals surface area contributed by atoms with Crippen molar-refractivity contribution >= 4 is 11.6 Å². The van der Waals surface area contributed by atoms with E-state index in [0.29, 0.717) is 6.04 Å². The molecule has 1 N–H and O–H groups in total. The summed E-state index contributed by atoms with van der Waals surface area (Å²) < 4.78 is 0. The van der Waals surface area contributed by atoms with Crippen LogP contribution >= 0.6 is 0 Å². The van der Waals surface area contributed by atoms with E-state index in [1.54, 1.807) is 19.0 Å². The molecule has 0 spiro atoms. The molecule has 3 heteroatoms. The van der Waals surface area contributed by atoms with Gasteiger partial charge in [0.15, 0.2) is 0 Å². The lowest BCUT2D eigenvalue weighted by atomic mass is 10.1. The first kappa shape index (κ1) is 16.5. The molecule has 0 radical (unpaired) electrons. The SMILES string of the molecule is CCCCCCC(C)Nc1cccc(C(=O)N(C)C)c1. The zero-order valence-electron chi connectivity index (χ0n) is 13.3. The molecule has 112 valence electrons. The number of rotatable bonds is 8. The Balaban J connectivity index is 2.51. The highest BCUT2D eigenvalue weighted by atomic mass is 16.2.